The number of carbonyl (C=O) groups is 2. The van der Waals surface area contributed by atoms with Gasteiger partial charge in [-0.2, -0.15) is 0 Å². The lowest BCUT2D eigenvalue weighted by Crippen LogP contribution is -2.31. The lowest BCUT2D eigenvalue weighted by atomic mass is 10.2. The van der Waals surface area contributed by atoms with Crippen molar-refractivity contribution < 1.29 is 9.59 Å². The maximum atomic E-state index is 12.8. The van der Waals surface area contributed by atoms with Crippen molar-refractivity contribution in [3.05, 3.63) is 45.9 Å². The Morgan fingerprint density at radius 1 is 1.35 bits per heavy atom. The summed E-state index contributed by atoms with van der Waals surface area (Å²) in [5, 5.41) is 2.82. The van der Waals surface area contributed by atoms with E-state index in [0.717, 1.165) is 24.3 Å². The zero-order valence-corrected chi connectivity index (χ0v) is 14.2. The van der Waals surface area contributed by atoms with E-state index in [4.69, 9.17) is 0 Å². The smallest absolute Gasteiger partial charge is 0.271 e. The molecule has 2 amide bonds. The van der Waals surface area contributed by atoms with Gasteiger partial charge in [-0.1, -0.05) is 0 Å². The third-order valence-electron chi connectivity index (χ3n) is 4.19. The van der Waals surface area contributed by atoms with Crippen molar-refractivity contribution in [3.8, 4) is 0 Å². The van der Waals surface area contributed by atoms with E-state index in [0.29, 0.717) is 17.1 Å². The molecule has 1 fully saturated rings. The average Bonchev–Trinajstić information content (AvgIpc) is 3.26. The van der Waals surface area contributed by atoms with E-state index >= 15 is 0 Å². The number of hydrogen-bond donors (Lipinski definition) is 1. The van der Waals surface area contributed by atoms with E-state index in [1.165, 1.54) is 11.3 Å². The SMILES string of the molecule is CCNC(=O)c1ccc([C@H]2CCCN2C(=O)c2cccn2C)s1. The van der Waals surface area contributed by atoms with Gasteiger partial charge in [0.05, 0.1) is 10.9 Å². The Morgan fingerprint density at radius 2 is 2.17 bits per heavy atom. The third kappa shape index (κ3) is 3.03. The number of nitrogens with zero attached hydrogens (tertiary/aromatic N) is 2. The first kappa shape index (κ1) is 15.8. The molecule has 122 valence electrons. The van der Waals surface area contributed by atoms with Crippen LogP contribution in [-0.4, -0.2) is 34.4 Å². The van der Waals surface area contributed by atoms with Gasteiger partial charge in [0.25, 0.3) is 11.8 Å². The van der Waals surface area contributed by atoms with Crippen LogP contribution < -0.4 is 5.32 Å². The summed E-state index contributed by atoms with van der Waals surface area (Å²) in [5.41, 5.74) is 0.706. The molecule has 0 aromatic carbocycles. The molecule has 2 aromatic heterocycles. The number of carbonyl (C=O) groups excluding carboxylic acids is 2. The highest BCUT2D eigenvalue weighted by Gasteiger charge is 2.32. The fraction of sp³-hybridized carbons (Fsp3) is 0.412. The number of amides is 2. The second kappa shape index (κ2) is 6.58. The molecule has 0 aliphatic carbocycles. The molecule has 0 unspecified atom stereocenters. The van der Waals surface area contributed by atoms with Gasteiger partial charge in [0.1, 0.15) is 5.69 Å². The van der Waals surface area contributed by atoms with E-state index in [1.807, 2.05) is 53.9 Å². The van der Waals surface area contributed by atoms with Gasteiger partial charge in [0, 0.05) is 31.2 Å². The lowest BCUT2D eigenvalue weighted by molar-refractivity contribution is 0.0728. The Balaban J connectivity index is 1.81. The van der Waals surface area contributed by atoms with E-state index in [2.05, 4.69) is 5.32 Å². The van der Waals surface area contributed by atoms with Crippen LogP contribution in [0.3, 0.4) is 0 Å². The highest BCUT2D eigenvalue weighted by atomic mass is 32.1. The molecule has 2 aromatic rings. The maximum absolute atomic E-state index is 12.8. The Morgan fingerprint density at radius 3 is 2.87 bits per heavy atom. The second-order valence-corrected chi connectivity index (χ2v) is 6.84. The van der Waals surface area contributed by atoms with Gasteiger partial charge in [-0.15, -0.1) is 11.3 Å². The van der Waals surface area contributed by atoms with Crippen molar-refractivity contribution in [1.82, 2.24) is 14.8 Å². The Labute approximate surface area is 139 Å². The van der Waals surface area contributed by atoms with Crippen LogP contribution in [0.25, 0.3) is 0 Å². The molecular formula is C17H21N3O2S. The highest BCUT2D eigenvalue weighted by molar-refractivity contribution is 7.14. The molecule has 3 heterocycles. The number of likely N-dealkylation sites (tertiary alicyclic amines) is 1. The predicted octanol–water partition coefficient (Wildman–Crippen LogP) is 2.81. The normalized spacial score (nSPS) is 17.5. The number of rotatable bonds is 4. The summed E-state index contributed by atoms with van der Waals surface area (Å²) < 4.78 is 1.85. The fourth-order valence-electron chi connectivity index (χ4n) is 3.04. The largest absolute Gasteiger partial charge is 0.352 e. The first-order valence-electron chi connectivity index (χ1n) is 7.92. The fourth-order valence-corrected chi connectivity index (χ4v) is 4.11. The molecule has 0 saturated carbocycles. The second-order valence-electron chi connectivity index (χ2n) is 5.72. The Kier molecular flexibility index (Phi) is 4.52. The quantitative estimate of drug-likeness (QED) is 0.936. The van der Waals surface area contributed by atoms with Crippen LogP contribution in [0.4, 0.5) is 0 Å². The van der Waals surface area contributed by atoms with Gasteiger partial charge in [0.15, 0.2) is 0 Å². The number of aromatic nitrogens is 1. The molecule has 23 heavy (non-hydrogen) atoms. The van der Waals surface area contributed by atoms with Crippen molar-refractivity contribution in [2.24, 2.45) is 7.05 Å². The molecule has 5 nitrogen and oxygen atoms in total. The van der Waals surface area contributed by atoms with Gasteiger partial charge in [-0.3, -0.25) is 9.59 Å². The van der Waals surface area contributed by atoms with Crippen molar-refractivity contribution in [3.63, 3.8) is 0 Å². The summed E-state index contributed by atoms with van der Waals surface area (Å²) in [5.74, 6) is 0.0232. The van der Waals surface area contributed by atoms with Crippen molar-refractivity contribution in [2.75, 3.05) is 13.1 Å². The predicted molar refractivity (Wildman–Crippen MR) is 90.8 cm³/mol. The number of aryl methyl sites for hydroxylation is 1. The summed E-state index contributed by atoms with van der Waals surface area (Å²) in [6.45, 7) is 3.29. The summed E-state index contributed by atoms with van der Waals surface area (Å²) in [4.78, 5) is 28.5. The van der Waals surface area contributed by atoms with E-state index < -0.39 is 0 Å². The molecule has 6 heteroatoms. The van der Waals surface area contributed by atoms with Crippen LogP contribution in [-0.2, 0) is 7.05 Å². The Bertz CT molecular complexity index is 719. The monoisotopic (exact) mass is 331 g/mol. The molecule has 1 N–H and O–H groups in total. The van der Waals surface area contributed by atoms with E-state index in [1.54, 1.807) is 0 Å². The van der Waals surface area contributed by atoms with Crippen LogP contribution in [0, 0.1) is 0 Å². The topological polar surface area (TPSA) is 54.3 Å². The summed E-state index contributed by atoms with van der Waals surface area (Å²) >= 11 is 1.49. The molecular weight excluding hydrogens is 310 g/mol. The molecule has 0 bridgehead atoms. The first-order valence-corrected chi connectivity index (χ1v) is 8.73. The van der Waals surface area contributed by atoms with E-state index in [9.17, 15) is 9.59 Å². The molecule has 1 aliphatic heterocycles. The molecule has 1 saturated heterocycles. The van der Waals surface area contributed by atoms with Gasteiger partial charge < -0.3 is 14.8 Å². The first-order chi connectivity index (χ1) is 11.1. The van der Waals surface area contributed by atoms with Crippen molar-refractivity contribution >= 4 is 23.2 Å². The summed E-state index contributed by atoms with van der Waals surface area (Å²) in [6, 6.07) is 7.65. The maximum Gasteiger partial charge on any atom is 0.271 e. The third-order valence-corrected chi connectivity index (χ3v) is 5.38. The van der Waals surface area contributed by atoms with Crippen LogP contribution >= 0.6 is 11.3 Å². The molecule has 0 radical (unpaired) electrons. The Hall–Kier alpha value is -2.08. The molecule has 3 rings (SSSR count). The number of hydrogen-bond acceptors (Lipinski definition) is 3. The molecule has 0 spiro atoms. The van der Waals surface area contributed by atoms with Gasteiger partial charge >= 0.3 is 0 Å². The van der Waals surface area contributed by atoms with Gasteiger partial charge in [-0.05, 0) is 44.0 Å². The van der Waals surface area contributed by atoms with Gasteiger partial charge in [0.2, 0.25) is 0 Å². The van der Waals surface area contributed by atoms with Gasteiger partial charge in [-0.25, -0.2) is 0 Å². The molecule has 1 atom stereocenters. The average molecular weight is 331 g/mol. The standard InChI is InChI=1S/C17H21N3O2S/c1-3-18-16(21)15-9-8-14(23-15)12-6-5-11-20(12)17(22)13-7-4-10-19(13)2/h4,7-10,12H,3,5-6,11H2,1-2H3,(H,18,21)/t12-/m1/s1. The summed E-state index contributed by atoms with van der Waals surface area (Å²) in [7, 11) is 1.89. The zero-order chi connectivity index (χ0) is 16.4. The highest BCUT2D eigenvalue weighted by Crippen LogP contribution is 2.36. The minimum absolute atomic E-state index is 0.0398. The van der Waals surface area contributed by atoms with Crippen LogP contribution in [0.1, 0.15) is 50.8 Å². The van der Waals surface area contributed by atoms with E-state index in [-0.39, 0.29) is 17.9 Å². The molecule has 1 aliphatic rings. The minimum Gasteiger partial charge on any atom is -0.352 e. The van der Waals surface area contributed by atoms with Crippen LogP contribution in [0.5, 0.6) is 0 Å². The van der Waals surface area contributed by atoms with Crippen molar-refractivity contribution in [2.45, 2.75) is 25.8 Å². The number of nitrogens with one attached hydrogen (secondary N) is 1. The summed E-state index contributed by atoms with van der Waals surface area (Å²) in [6.07, 6.45) is 3.83. The van der Waals surface area contributed by atoms with Crippen LogP contribution in [0.2, 0.25) is 0 Å². The minimum atomic E-state index is -0.0398. The van der Waals surface area contributed by atoms with Crippen molar-refractivity contribution in [1.29, 1.82) is 0 Å². The lowest BCUT2D eigenvalue weighted by Gasteiger charge is -2.24. The van der Waals surface area contributed by atoms with Crippen LogP contribution in [0.15, 0.2) is 30.5 Å². The number of thiophene rings is 1. The zero-order valence-electron chi connectivity index (χ0n) is 13.4.